The van der Waals surface area contributed by atoms with Gasteiger partial charge in [-0.05, 0) is 37.4 Å². The van der Waals surface area contributed by atoms with Crippen LogP contribution in [0, 0.1) is 0 Å². The molecule has 0 spiro atoms. The predicted octanol–water partition coefficient (Wildman–Crippen LogP) is 1.68. The summed E-state index contributed by atoms with van der Waals surface area (Å²) in [6.07, 6.45) is 1.51. The van der Waals surface area contributed by atoms with Gasteiger partial charge in [0.15, 0.2) is 0 Å². The van der Waals surface area contributed by atoms with Gasteiger partial charge in [-0.1, -0.05) is 0 Å². The van der Waals surface area contributed by atoms with Crippen LogP contribution >= 0.6 is 0 Å². The number of hydrogen-bond acceptors (Lipinski definition) is 6. The molecule has 3 N–H and O–H groups in total. The zero-order valence-electron chi connectivity index (χ0n) is 14.5. The first-order valence-corrected chi connectivity index (χ1v) is 8.22. The van der Waals surface area contributed by atoms with Crippen molar-refractivity contribution < 1.29 is 9.53 Å². The van der Waals surface area contributed by atoms with Crippen LogP contribution in [0.15, 0.2) is 36.5 Å². The number of benzene rings is 1. The molecule has 0 unspecified atom stereocenters. The minimum absolute atomic E-state index is 0.214. The van der Waals surface area contributed by atoms with Crippen LogP contribution in [-0.2, 0) is 0 Å². The number of carbonyl (C=O) groups excluding carboxylic acids is 1. The molecule has 0 saturated carbocycles. The second-order valence-corrected chi connectivity index (χ2v) is 6.08. The molecule has 1 saturated heterocycles. The van der Waals surface area contributed by atoms with Crippen molar-refractivity contribution in [3.63, 3.8) is 0 Å². The van der Waals surface area contributed by atoms with E-state index >= 15 is 0 Å². The molecule has 0 bridgehead atoms. The van der Waals surface area contributed by atoms with E-state index in [4.69, 9.17) is 10.5 Å². The Bertz CT molecular complexity index is 740. The summed E-state index contributed by atoms with van der Waals surface area (Å²) in [6.45, 7) is 4.12. The summed E-state index contributed by atoms with van der Waals surface area (Å²) in [5.74, 6) is -0.124. The summed E-state index contributed by atoms with van der Waals surface area (Å²) in [6, 6.07) is 9.40. The highest BCUT2D eigenvalue weighted by Gasteiger charge is 2.18. The molecule has 2 heterocycles. The number of nitrogen functional groups attached to an aromatic ring is 1. The fourth-order valence-electron chi connectivity index (χ4n) is 2.85. The summed E-state index contributed by atoms with van der Waals surface area (Å²) >= 11 is 0. The second-order valence-electron chi connectivity index (χ2n) is 6.08. The Kier molecular flexibility index (Phi) is 5.04. The van der Waals surface area contributed by atoms with Crippen molar-refractivity contribution in [2.75, 3.05) is 56.3 Å². The molecule has 1 aliphatic rings. The number of carbonyl (C=O) groups is 1. The van der Waals surface area contributed by atoms with Crippen molar-refractivity contribution in [2.24, 2.45) is 0 Å². The highest BCUT2D eigenvalue weighted by atomic mass is 16.5. The summed E-state index contributed by atoms with van der Waals surface area (Å²) in [4.78, 5) is 21.2. The zero-order valence-corrected chi connectivity index (χ0v) is 14.5. The van der Waals surface area contributed by atoms with E-state index < -0.39 is 0 Å². The van der Waals surface area contributed by atoms with Gasteiger partial charge in [-0.15, -0.1) is 0 Å². The van der Waals surface area contributed by atoms with Crippen molar-refractivity contribution in [1.82, 2.24) is 9.88 Å². The molecule has 1 amide bonds. The fourth-order valence-corrected chi connectivity index (χ4v) is 2.85. The maximum atomic E-state index is 12.5. The lowest BCUT2D eigenvalue weighted by molar-refractivity contribution is 0.102. The van der Waals surface area contributed by atoms with Crippen LogP contribution in [0.3, 0.4) is 0 Å². The highest BCUT2D eigenvalue weighted by Crippen LogP contribution is 2.24. The number of methoxy groups -OCH3 is 1. The molecule has 7 nitrogen and oxygen atoms in total. The van der Waals surface area contributed by atoms with Crippen molar-refractivity contribution in [1.29, 1.82) is 0 Å². The molecule has 0 aliphatic carbocycles. The maximum Gasteiger partial charge on any atom is 0.263 e. The number of amides is 1. The molecule has 132 valence electrons. The summed E-state index contributed by atoms with van der Waals surface area (Å²) in [5, 5.41) is 2.85. The van der Waals surface area contributed by atoms with E-state index in [1.54, 1.807) is 6.07 Å². The minimum Gasteiger partial charge on any atom is -0.480 e. The SMILES string of the molecule is COc1nccc(N)c1C(=O)Nc1ccc(N2CCN(C)CC2)cc1. The first-order chi connectivity index (χ1) is 12.1. The number of pyridine rings is 1. The van der Waals surface area contributed by atoms with Gasteiger partial charge in [-0.25, -0.2) is 4.98 Å². The van der Waals surface area contributed by atoms with Crippen LogP contribution in [0.1, 0.15) is 10.4 Å². The molecule has 25 heavy (non-hydrogen) atoms. The largest absolute Gasteiger partial charge is 0.480 e. The van der Waals surface area contributed by atoms with Crippen molar-refractivity contribution in [3.8, 4) is 5.88 Å². The monoisotopic (exact) mass is 341 g/mol. The van der Waals surface area contributed by atoms with Crippen LogP contribution in [0.25, 0.3) is 0 Å². The average molecular weight is 341 g/mol. The lowest BCUT2D eigenvalue weighted by Crippen LogP contribution is -2.44. The van der Waals surface area contributed by atoms with Crippen LogP contribution in [0.5, 0.6) is 5.88 Å². The quantitative estimate of drug-likeness (QED) is 0.880. The van der Waals surface area contributed by atoms with E-state index in [1.165, 1.54) is 13.3 Å². The number of piperazine rings is 1. The topological polar surface area (TPSA) is 83.7 Å². The lowest BCUT2D eigenvalue weighted by Gasteiger charge is -2.34. The number of hydrogen-bond donors (Lipinski definition) is 2. The van der Waals surface area contributed by atoms with E-state index in [0.29, 0.717) is 11.4 Å². The molecule has 0 atom stereocenters. The maximum absolute atomic E-state index is 12.5. The third kappa shape index (κ3) is 3.83. The summed E-state index contributed by atoms with van der Waals surface area (Å²) < 4.78 is 5.13. The van der Waals surface area contributed by atoms with E-state index in [-0.39, 0.29) is 17.4 Å². The molecule has 1 fully saturated rings. The van der Waals surface area contributed by atoms with Gasteiger partial charge < -0.3 is 25.6 Å². The van der Waals surface area contributed by atoms with Crippen LogP contribution in [0.2, 0.25) is 0 Å². The lowest BCUT2D eigenvalue weighted by atomic mass is 10.2. The van der Waals surface area contributed by atoms with Crippen LogP contribution < -0.4 is 20.7 Å². The standard InChI is InChI=1S/C18H23N5O2/c1-22-9-11-23(12-10-22)14-5-3-13(4-6-14)21-17(24)16-15(19)7-8-20-18(16)25-2/h3-8H,9-12H2,1-2H3,(H2,19,20)(H,21,24). The Morgan fingerprint density at radius 1 is 1.16 bits per heavy atom. The molecule has 7 heteroatoms. The van der Waals surface area contributed by atoms with Crippen molar-refractivity contribution >= 4 is 23.0 Å². The Morgan fingerprint density at radius 3 is 2.48 bits per heavy atom. The third-order valence-electron chi connectivity index (χ3n) is 4.36. The number of likely N-dealkylation sites (N-methyl/N-ethyl adjacent to an activating group) is 1. The Morgan fingerprint density at radius 2 is 1.84 bits per heavy atom. The number of ether oxygens (including phenoxy) is 1. The molecule has 0 radical (unpaired) electrons. The van der Waals surface area contributed by atoms with Gasteiger partial charge >= 0.3 is 0 Å². The number of aromatic nitrogens is 1. The summed E-state index contributed by atoms with van der Waals surface area (Å²) in [7, 11) is 3.60. The van der Waals surface area contributed by atoms with Gasteiger partial charge in [-0.2, -0.15) is 0 Å². The predicted molar refractivity (Wildman–Crippen MR) is 99.3 cm³/mol. The average Bonchev–Trinajstić information content (AvgIpc) is 2.62. The van der Waals surface area contributed by atoms with Gasteiger partial charge in [0.05, 0.1) is 12.8 Å². The van der Waals surface area contributed by atoms with Gasteiger partial charge in [-0.3, -0.25) is 4.79 Å². The number of anilines is 3. The minimum atomic E-state index is -0.338. The molecule has 1 aromatic heterocycles. The van der Waals surface area contributed by atoms with E-state index in [2.05, 4.69) is 27.1 Å². The Labute approximate surface area is 147 Å². The number of nitrogens with one attached hydrogen (secondary N) is 1. The highest BCUT2D eigenvalue weighted by molar-refractivity contribution is 6.09. The number of rotatable bonds is 4. The normalized spacial score (nSPS) is 15.0. The number of nitrogens with two attached hydrogens (primary N) is 1. The van der Waals surface area contributed by atoms with Gasteiger partial charge in [0.25, 0.3) is 5.91 Å². The van der Waals surface area contributed by atoms with Crippen LogP contribution in [-0.4, -0.2) is 56.1 Å². The first kappa shape index (κ1) is 17.0. The second kappa shape index (κ2) is 7.40. The molecular formula is C18H23N5O2. The Hall–Kier alpha value is -2.80. The van der Waals surface area contributed by atoms with Gasteiger partial charge in [0.1, 0.15) is 5.56 Å². The van der Waals surface area contributed by atoms with E-state index in [9.17, 15) is 4.79 Å². The molecule has 3 rings (SSSR count). The molecular weight excluding hydrogens is 318 g/mol. The summed E-state index contributed by atoms with van der Waals surface area (Å²) in [5.41, 5.74) is 8.33. The third-order valence-corrected chi connectivity index (χ3v) is 4.36. The molecule has 2 aromatic rings. The molecule has 1 aromatic carbocycles. The first-order valence-electron chi connectivity index (χ1n) is 8.22. The van der Waals surface area contributed by atoms with E-state index in [1.807, 2.05) is 24.3 Å². The van der Waals surface area contributed by atoms with Gasteiger partial charge in [0, 0.05) is 43.8 Å². The Balaban J connectivity index is 1.70. The number of nitrogens with zero attached hydrogens (tertiary/aromatic N) is 3. The van der Waals surface area contributed by atoms with Crippen LogP contribution in [0.4, 0.5) is 17.1 Å². The van der Waals surface area contributed by atoms with Gasteiger partial charge in [0.2, 0.25) is 5.88 Å². The molecule has 1 aliphatic heterocycles. The zero-order chi connectivity index (χ0) is 17.8. The van der Waals surface area contributed by atoms with Crippen molar-refractivity contribution in [2.45, 2.75) is 0 Å². The van der Waals surface area contributed by atoms with E-state index in [0.717, 1.165) is 31.9 Å². The smallest absolute Gasteiger partial charge is 0.263 e. The fraction of sp³-hybridized carbons (Fsp3) is 0.333. The van der Waals surface area contributed by atoms with Crippen molar-refractivity contribution in [3.05, 3.63) is 42.1 Å².